The van der Waals surface area contributed by atoms with E-state index in [1.807, 2.05) is 0 Å². The Morgan fingerprint density at radius 2 is 0.515 bits per heavy atom. The second-order valence-electron chi connectivity index (χ2n) is 29.5. The molecule has 0 aromatic carbocycles. The minimum atomic E-state index is -4.96. The van der Waals surface area contributed by atoms with E-state index in [-0.39, 0.29) is 25.7 Å². The fourth-order valence-electron chi connectivity index (χ4n) is 12.3. The van der Waals surface area contributed by atoms with Crippen LogP contribution in [0.4, 0.5) is 0 Å². The van der Waals surface area contributed by atoms with Crippen LogP contribution in [0.3, 0.4) is 0 Å². The Bertz CT molecular complexity index is 1910. The monoisotopic (exact) mass is 1450 g/mol. The van der Waals surface area contributed by atoms with E-state index in [4.69, 9.17) is 37.0 Å². The lowest BCUT2D eigenvalue weighted by Gasteiger charge is -2.21. The highest BCUT2D eigenvalue weighted by Crippen LogP contribution is 2.45. The molecule has 3 N–H and O–H groups in total. The van der Waals surface area contributed by atoms with E-state index < -0.39 is 97.5 Å². The molecule has 588 valence electrons. The lowest BCUT2D eigenvalue weighted by Crippen LogP contribution is -2.30. The predicted molar refractivity (Wildman–Crippen MR) is 405 cm³/mol. The van der Waals surface area contributed by atoms with Crippen molar-refractivity contribution >= 4 is 39.5 Å². The van der Waals surface area contributed by atoms with Crippen molar-refractivity contribution in [2.24, 2.45) is 11.8 Å². The first kappa shape index (κ1) is 97.1. The van der Waals surface area contributed by atoms with E-state index in [0.717, 1.165) is 102 Å². The first-order chi connectivity index (χ1) is 47.9. The lowest BCUT2D eigenvalue weighted by atomic mass is 9.99. The summed E-state index contributed by atoms with van der Waals surface area (Å²) in [6.07, 6.45) is 61.3. The molecule has 0 aliphatic carbocycles. The number of hydrogen-bond donors (Lipinski definition) is 3. The molecule has 0 heterocycles. The number of phosphoric acid groups is 2. The molecule has 0 aromatic heterocycles. The topological polar surface area (TPSA) is 237 Å². The summed E-state index contributed by atoms with van der Waals surface area (Å²) < 4.78 is 68.6. The van der Waals surface area contributed by atoms with Gasteiger partial charge in [-0.05, 0) is 37.5 Å². The lowest BCUT2D eigenvalue weighted by molar-refractivity contribution is -0.161. The van der Waals surface area contributed by atoms with Gasteiger partial charge in [0.15, 0.2) is 12.2 Å². The molecule has 0 spiro atoms. The summed E-state index contributed by atoms with van der Waals surface area (Å²) in [6, 6.07) is 0. The van der Waals surface area contributed by atoms with Crippen LogP contribution < -0.4 is 0 Å². The molecule has 0 rings (SSSR count). The fraction of sp³-hybridized carbons (Fsp3) is 0.950. The van der Waals surface area contributed by atoms with E-state index in [1.54, 1.807) is 0 Å². The molecular weight excluding hydrogens is 1290 g/mol. The van der Waals surface area contributed by atoms with Crippen LogP contribution in [0.25, 0.3) is 0 Å². The molecule has 0 radical (unpaired) electrons. The Kier molecular flexibility index (Phi) is 70.3. The number of aliphatic hydroxyl groups is 1. The van der Waals surface area contributed by atoms with Crippen molar-refractivity contribution in [2.75, 3.05) is 39.6 Å². The van der Waals surface area contributed by atoms with Crippen LogP contribution in [-0.2, 0) is 65.4 Å². The molecule has 19 heteroatoms. The number of aliphatic hydroxyl groups excluding tert-OH is 1. The van der Waals surface area contributed by atoms with Crippen molar-refractivity contribution in [1.82, 2.24) is 0 Å². The van der Waals surface area contributed by atoms with Crippen molar-refractivity contribution in [2.45, 2.75) is 439 Å². The third-order valence-electron chi connectivity index (χ3n) is 19.1. The van der Waals surface area contributed by atoms with Crippen LogP contribution in [0.5, 0.6) is 0 Å². The van der Waals surface area contributed by atoms with E-state index in [1.165, 1.54) is 231 Å². The Hall–Kier alpha value is -1.94. The number of rotatable bonds is 79. The van der Waals surface area contributed by atoms with Crippen molar-refractivity contribution < 1.29 is 80.2 Å². The summed E-state index contributed by atoms with van der Waals surface area (Å²) in [4.78, 5) is 72.9. The van der Waals surface area contributed by atoms with Gasteiger partial charge in [-0.1, -0.05) is 369 Å². The standard InChI is InChI=1S/C80H156O17P2/c1-7-10-12-14-16-18-20-22-24-26-28-29-31-33-35-37-39-44-52-58-64-79(84)96-75(68-90-77(82)62-56-50-43-38-36-34-32-30-27-25-23-21-19-17-15-13-11-8-2)70-94-98(86,87)92-66-74(81)67-93-99(88,89)95-71-76(69-91-78(83)63-57-51-47-46-48-54-60-72(4)5)97-80(85)65-59-53-45-41-40-42-49-55-61-73(6)9-3/h72-76,81H,7-71H2,1-6H3,(H,86,87)(H,88,89)/t73?,74-,75-,76-/m1/s1. The number of ether oxygens (including phenoxy) is 4. The quantitative estimate of drug-likeness (QED) is 0.0222. The highest BCUT2D eigenvalue weighted by molar-refractivity contribution is 7.47. The van der Waals surface area contributed by atoms with Crippen molar-refractivity contribution in [3.05, 3.63) is 0 Å². The second-order valence-corrected chi connectivity index (χ2v) is 32.4. The van der Waals surface area contributed by atoms with Crippen LogP contribution in [0.1, 0.15) is 420 Å². The molecule has 0 saturated carbocycles. The van der Waals surface area contributed by atoms with E-state index in [9.17, 15) is 43.2 Å². The number of unbranched alkanes of at least 4 members (excludes halogenated alkanes) is 48. The maximum atomic E-state index is 13.1. The number of hydrogen-bond acceptors (Lipinski definition) is 15. The molecule has 17 nitrogen and oxygen atoms in total. The Morgan fingerprint density at radius 3 is 0.768 bits per heavy atom. The van der Waals surface area contributed by atoms with Crippen molar-refractivity contribution in [3.8, 4) is 0 Å². The minimum Gasteiger partial charge on any atom is -0.462 e. The normalized spacial score (nSPS) is 14.2. The van der Waals surface area contributed by atoms with E-state index in [2.05, 4.69) is 41.5 Å². The molecule has 0 saturated heterocycles. The smallest absolute Gasteiger partial charge is 0.462 e. The Balaban J connectivity index is 5.21. The summed E-state index contributed by atoms with van der Waals surface area (Å²) in [7, 11) is -9.92. The van der Waals surface area contributed by atoms with Gasteiger partial charge in [-0.2, -0.15) is 0 Å². The summed E-state index contributed by atoms with van der Waals surface area (Å²) >= 11 is 0. The largest absolute Gasteiger partial charge is 0.472 e. The Labute approximate surface area is 607 Å². The molecule has 6 atom stereocenters. The van der Waals surface area contributed by atoms with Gasteiger partial charge in [0.2, 0.25) is 0 Å². The molecule has 0 aliphatic heterocycles. The van der Waals surface area contributed by atoms with Gasteiger partial charge in [0, 0.05) is 25.7 Å². The zero-order valence-corrected chi connectivity index (χ0v) is 66.6. The van der Waals surface area contributed by atoms with Crippen LogP contribution in [0.15, 0.2) is 0 Å². The van der Waals surface area contributed by atoms with Gasteiger partial charge in [0.1, 0.15) is 19.3 Å². The average Bonchev–Trinajstić information content (AvgIpc) is 1.79. The molecule has 0 aliphatic rings. The maximum absolute atomic E-state index is 13.1. The summed E-state index contributed by atoms with van der Waals surface area (Å²) in [5.41, 5.74) is 0. The van der Waals surface area contributed by atoms with Gasteiger partial charge in [0.25, 0.3) is 0 Å². The van der Waals surface area contributed by atoms with Gasteiger partial charge in [-0.3, -0.25) is 37.3 Å². The first-order valence-corrected chi connectivity index (χ1v) is 44.5. The summed E-state index contributed by atoms with van der Waals surface area (Å²) in [5.74, 6) is -0.666. The first-order valence-electron chi connectivity index (χ1n) is 41.5. The van der Waals surface area contributed by atoms with Crippen LogP contribution in [0, 0.1) is 11.8 Å². The third-order valence-corrected chi connectivity index (χ3v) is 21.0. The number of carbonyl (C=O) groups is 4. The second kappa shape index (κ2) is 71.7. The van der Waals surface area contributed by atoms with Crippen LogP contribution in [-0.4, -0.2) is 96.7 Å². The highest BCUT2D eigenvalue weighted by Gasteiger charge is 2.30. The zero-order chi connectivity index (χ0) is 72.8. The van der Waals surface area contributed by atoms with Crippen LogP contribution in [0.2, 0.25) is 0 Å². The average molecular weight is 1450 g/mol. The number of phosphoric ester groups is 2. The molecule has 0 aromatic rings. The van der Waals surface area contributed by atoms with Gasteiger partial charge in [-0.25, -0.2) is 9.13 Å². The predicted octanol–water partition coefficient (Wildman–Crippen LogP) is 23.9. The number of esters is 4. The minimum absolute atomic E-state index is 0.104. The van der Waals surface area contributed by atoms with Gasteiger partial charge in [-0.15, -0.1) is 0 Å². The van der Waals surface area contributed by atoms with Gasteiger partial charge in [0.05, 0.1) is 26.4 Å². The van der Waals surface area contributed by atoms with Crippen molar-refractivity contribution in [1.29, 1.82) is 0 Å². The molecule has 99 heavy (non-hydrogen) atoms. The van der Waals surface area contributed by atoms with Crippen LogP contribution >= 0.6 is 15.6 Å². The van der Waals surface area contributed by atoms with Gasteiger partial charge < -0.3 is 33.8 Å². The highest BCUT2D eigenvalue weighted by atomic mass is 31.2. The van der Waals surface area contributed by atoms with E-state index in [0.29, 0.717) is 31.6 Å². The maximum Gasteiger partial charge on any atom is 0.472 e. The fourth-order valence-corrected chi connectivity index (χ4v) is 13.9. The molecular formula is C80H156O17P2. The molecule has 3 unspecified atom stereocenters. The van der Waals surface area contributed by atoms with E-state index >= 15 is 0 Å². The molecule has 0 amide bonds. The summed E-state index contributed by atoms with van der Waals surface area (Å²) in [6.45, 7) is 9.53. The third kappa shape index (κ3) is 72.8. The van der Waals surface area contributed by atoms with Crippen molar-refractivity contribution in [3.63, 3.8) is 0 Å². The van der Waals surface area contributed by atoms with Gasteiger partial charge >= 0.3 is 39.5 Å². The summed E-state index contributed by atoms with van der Waals surface area (Å²) in [5, 5.41) is 10.6. The number of carbonyl (C=O) groups excluding carboxylic acids is 4. The molecule has 0 bridgehead atoms. The SMILES string of the molecule is CCCCCCCCCCCCCCCCCCCCCCC(=O)O[C@H](COC(=O)CCCCCCCCCCCCCCCCCCCC)COP(=O)(O)OC[C@@H](O)COP(=O)(O)OC[C@@H](COC(=O)CCCCCCCCC(C)C)OC(=O)CCCCCCCCCCC(C)CC. The Morgan fingerprint density at radius 1 is 0.293 bits per heavy atom. The zero-order valence-electron chi connectivity index (χ0n) is 64.8. The molecule has 0 fully saturated rings.